The molecule has 2 nitrogen and oxygen atoms in total. The van der Waals surface area contributed by atoms with Crippen LogP contribution in [0.2, 0.25) is 0 Å². The van der Waals surface area contributed by atoms with Gasteiger partial charge in [-0.2, -0.15) is 0 Å². The fourth-order valence-electron chi connectivity index (χ4n) is 7.29. The minimum absolute atomic E-state index is 0.213. The molecule has 0 aliphatic rings. The van der Waals surface area contributed by atoms with E-state index in [-0.39, 0.29) is 14.5 Å². The molecule has 0 aliphatic carbocycles. The summed E-state index contributed by atoms with van der Waals surface area (Å²) in [7, 11) is 0. The summed E-state index contributed by atoms with van der Waals surface area (Å²) in [5, 5.41) is 15.6. The van der Waals surface area contributed by atoms with Gasteiger partial charge in [-0.05, 0) is 0 Å². The molecule has 3 heterocycles. The van der Waals surface area contributed by atoms with Crippen LogP contribution in [0, 0.1) is 0 Å². The van der Waals surface area contributed by atoms with Crippen LogP contribution in [-0.4, -0.2) is 24.1 Å². The Labute approximate surface area is 246 Å². The van der Waals surface area contributed by atoms with E-state index in [1.54, 1.807) is 0 Å². The molecule has 194 valence electrons. The number of benzene rings is 7. The summed E-state index contributed by atoms with van der Waals surface area (Å²) < 4.78 is 5.47. The number of pyridine rings is 1. The molecule has 0 fully saturated rings. The predicted octanol–water partition coefficient (Wildman–Crippen LogP) is 10.2. The summed E-state index contributed by atoms with van der Waals surface area (Å²) in [5.41, 5.74) is 3.77. The van der Waals surface area contributed by atoms with Gasteiger partial charge < -0.3 is 0 Å². The monoisotopic (exact) mass is 598 g/mol. The number of hydrogen-bond donors (Lipinski definition) is 0. The Morgan fingerprint density at radius 2 is 1.21 bits per heavy atom. The Balaban J connectivity index is 1.54. The van der Waals surface area contributed by atoms with Gasteiger partial charge in [0.1, 0.15) is 0 Å². The van der Waals surface area contributed by atoms with Crippen LogP contribution in [0.1, 0.15) is 0 Å². The van der Waals surface area contributed by atoms with Crippen molar-refractivity contribution in [2.75, 3.05) is 0 Å². The predicted molar refractivity (Wildman–Crippen MR) is 181 cm³/mol. The van der Waals surface area contributed by atoms with E-state index in [0.29, 0.717) is 0 Å². The van der Waals surface area contributed by atoms with Crippen LogP contribution in [0.25, 0.3) is 89.9 Å². The number of rotatable bonds is 1. The van der Waals surface area contributed by atoms with Gasteiger partial charge in [0.2, 0.25) is 0 Å². The topological polar surface area (TPSA) is 17.8 Å². The van der Waals surface area contributed by atoms with Crippen molar-refractivity contribution in [2.45, 2.75) is 0 Å². The summed E-state index contributed by atoms with van der Waals surface area (Å²) in [6.45, 7) is 0. The second-order valence-electron chi connectivity index (χ2n) is 11.1. The Kier molecular flexibility index (Phi) is 4.49. The maximum absolute atomic E-state index is 4.61. The van der Waals surface area contributed by atoms with Crippen LogP contribution in [0.5, 0.6) is 0 Å². The van der Waals surface area contributed by atoms with Gasteiger partial charge in [0, 0.05) is 0 Å². The van der Waals surface area contributed by atoms with Gasteiger partial charge in [-0.3, -0.25) is 0 Å². The van der Waals surface area contributed by atoms with E-state index in [0.717, 1.165) is 0 Å². The van der Waals surface area contributed by atoms with Gasteiger partial charge in [-0.1, -0.05) is 0 Å². The van der Waals surface area contributed by atoms with E-state index in [2.05, 4.69) is 137 Å². The summed E-state index contributed by atoms with van der Waals surface area (Å²) in [6, 6.07) is 44.9. The van der Waals surface area contributed by atoms with Crippen LogP contribution in [0.4, 0.5) is 0 Å². The van der Waals surface area contributed by atoms with Crippen molar-refractivity contribution in [2.24, 2.45) is 0 Å². The van der Waals surface area contributed by atoms with Crippen molar-refractivity contribution in [1.82, 2.24) is 9.55 Å². The van der Waals surface area contributed by atoms with Crippen LogP contribution >= 0.6 is 0 Å². The number of para-hydroxylation sites is 1. The Hall–Kier alpha value is -4.95. The van der Waals surface area contributed by atoms with E-state index in [9.17, 15) is 0 Å². The van der Waals surface area contributed by atoms with Crippen molar-refractivity contribution in [1.29, 1.82) is 0 Å². The Morgan fingerprint density at radius 3 is 2.12 bits per heavy atom. The second kappa shape index (κ2) is 8.30. The molecule has 0 atom stereocenters. The molecule has 3 heteroatoms. The molecule has 0 saturated heterocycles. The zero-order valence-corrected chi connectivity index (χ0v) is 24.2. The van der Waals surface area contributed by atoms with Crippen LogP contribution < -0.4 is 0 Å². The van der Waals surface area contributed by atoms with E-state index in [4.69, 9.17) is 0 Å². The zero-order valence-electron chi connectivity index (χ0n) is 22.5. The number of fused-ring (bicyclic) bond motifs is 15. The van der Waals surface area contributed by atoms with E-state index in [1.165, 1.54) is 89.9 Å². The number of nitrogens with zero attached hydrogens (tertiary/aromatic N) is 2. The van der Waals surface area contributed by atoms with Gasteiger partial charge in [0.05, 0.1) is 0 Å². The fraction of sp³-hybridized carbons (Fsp3) is 0. The van der Waals surface area contributed by atoms with Gasteiger partial charge in [0.25, 0.3) is 0 Å². The van der Waals surface area contributed by atoms with Crippen LogP contribution in [0.15, 0.2) is 134 Å². The Morgan fingerprint density at radius 1 is 0.500 bits per heavy atom. The molecule has 0 bridgehead atoms. The molecule has 10 aromatic rings. The van der Waals surface area contributed by atoms with E-state index < -0.39 is 0 Å². The molecular formula is C39H22N2Se. The van der Waals surface area contributed by atoms with Gasteiger partial charge >= 0.3 is 248 Å². The third-order valence-electron chi connectivity index (χ3n) is 9.03. The van der Waals surface area contributed by atoms with Crippen molar-refractivity contribution in [3.05, 3.63) is 134 Å². The molecule has 0 amide bonds. The van der Waals surface area contributed by atoms with Crippen LogP contribution in [0.3, 0.4) is 0 Å². The molecule has 0 unspecified atom stereocenters. The average Bonchev–Trinajstić information content (AvgIpc) is 3.61. The third kappa shape index (κ3) is 2.87. The molecule has 0 radical (unpaired) electrons. The Bertz CT molecular complexity index is 2750. The average molecular weight is 598 g/mol. The van der Waals surface area contributed by atoms with Crippen molar-refractivity contribution < 1.29 is 0 Å². The summed E-state index contributed by atoms with van der Waals surface area (Å²) in [4.78, 5) is 4.61. The second-order valence-corrected chi connectivity index (χ2v) is 13.3. The number of hydrogen-bond acceptors (Lipinski definition) is 1. The minimum atomic E-state index is 0.213. The quantitative estimate of drug-likeness (QED) is 0.136. The first-order valence-corrected chi connectivity index (χ1v) is 16.0. The van der Waals surface area contributed by atoms with Crippen LogP contribution in [-0.2, 0) is 0 Å². The standard InChI is InChI=1S/C39H22N2Se/c1-2-10-24-23(9-1)17-18-26-25-11-3-4-12-27(25)34(21-31(24)26)41-33-15-7-5-13-29(33)36-28-19-20-40-22-32(28)39-37(38(36)41)30-14-6-8-16-35(30)42-39/h1-22H. The molecule has 0 saturated carbocycles. The molecule has 0 aliphatic heterocycles. The normalized spacial score (nSPS) is 12.3. The molecular weight excluding hydrogens is 575 g/mol. The maximum atomic E-state index is 4.61. The summed E-state index contributed by atoms with van der Waals surface area (Å²) in [5.74, 6) is 0. The van der Waals surface area contributed by atoms with E-state index in [1.807, 2.05) is 6.20 Å². The first-order chi connectivity index (χ1) is 20.9. The van der Waals surface area contributed by atoms with Gasteiger partial charge in [0.15, 0.2) is 0 Å². The first-order valence-electron chi connectivity index (χ1n) is 14.3. The van der Waals surface area contributed by atoms with E-state index >= 15 is 0 Å². The van der Waals surface area contributed by atoms with Crippen molar-refractivity contribution in [3.8, 4) is 5.69 Å². The van der Waals surface area contributed by atoms with Gasteiger partial charge in [-0.15, -0.1) is 0 Å². The number of aromatic nitrogens is 2. The zero-order chi connectivity index (χ0) is 27.4. The third-order valence-corrected chi connectivity index (χ3v) is 11.6. The molecule has 0 spiro atoms. The SMILES string of the molecule is c1ccc2c(c1)ccc1c3ccccc3c(-n3c4ccccc4c4c5ccncc5c5[se]c6ccccc6c5c43)cc21. The molecule has 0 N–H and O–H groups in total. The molecule has 42 heavy (non-hydrogen) atoms. The molecule has 3 aromatic heterocycles. The first kappa shape index (κ1) is 22.7. The molecule has 10 rings (SSSR count). The summed E-state index contributed by atoms with van der Waals surface area (Å²) >= 11 is 0.213. The van der Waals surface area contributed by atoms with Crippen molar-refractivity contribution in [3.63, 3.8) is 0 Å². The van der Waals surface area contributed by atoms with Crippen molar-refractivity contribution >= 4 is 98.7 Å². The fourth-order valence-corrected chi connectivity index (χ4v) is 9.87. The summed E-state index contributed by atoms with van der Waals surface area (Å²) in [6.07, 6.45) is 4.04. The molecule has 7 aromatic carbocycles. The van der Waals surface area contributed by atoms with Gasteiger partial charge in [-0.25, -0.2) is 0 Å².